The van der Waals surface area contributed by atoms with E-state index in [1.54, 1.807) is 16.4 Å². The highest BCUT2D eigenvalue weighted by Crippen LogP contribution is 2.40. The molecule has 0 spiro atoms. The van der Waals surface area contributed by atoms with E-state index in [0.29, 0.717) is 36.4 Å². The van der Waals surface area contributed by atoms with Crippen molar-refractivity contribution in [2.45, 2.75) is 84.0 Å². The molecule has 2 amide bonds. The minimum absolute atomic E-state index is 0.0199. The maximum absolute atomic E-state index is 14.7. The minimum Gasteiger partial charge on any atom is -0.504 e. The Labute approximate surface area is 322 Å². The standard InChI is InChI=1S/C38H37ClF3N9O5/c1-5-26-31(48-12-13-49(28-11-10-27(28)48)34(54)30-32(53)19(2)43-18-44-30)35(55)51-36(46-33(47-51)20-6-8-23-21(14-20)17-56-37(23,3)4)50(26)16-29(52)45-25-9-7-22(15-24(25)39)38(40,41)42/h6-9,14-15,18,27-28,53H,5,10-13,16-17H2,1-4H3,(H,45,52)/t27-,28-/m0/s1. The number of hydrogen-bond donors (Lipinski definition) is 2. The molecule has 1 aliphatic carbocycles. The molecule has 0 radical (unpaired) electrons. The third-order valence-corrected chi connectivity index (χ3v) is 11.3. The first-order chi connectivity index (χ1) is 26.6. The van der Waals surface area contributed by atoms with Gasteiger partial charge in [0.2, 0.25) is 11.7 Å². The fraction of sp³-hybridized carbons (Fsp3) is 0.395. The largest absolute Gasteiger partial charge is 0.504 e. The summed E-state index contributed by atoms with van der Waals surface area (Å²) in [5, 5.41) is 17.6. The number of carbonyl (C=O) groups excluding carboxylic acids is 2. The van der Waals surface area contributed by atoms with Crippen LogP contribution in [0.4, 0.5) is 24.5 Å². The molecule has 1 saturated carbocycles. The van der Waals surface area contributed by atoms with Crippen LogP contribution in [0.2, 0.25) is 5.02 Å². The molecule has 14 nitrogen and oxygen atoms in total. The molecule has 5 heterocycles. The second-order valence-corrected chi connectivity index (χ2v) is 15.1. The number of anilines is 2. The maximum atomic E-state index is 14.7. The molecule has 2 aromatic carbocycles. The van der Waals surface area contributed by atoms with Crippen LogP contribution in [0.3, 0.4) is 0 Å². The van der Waals surface area contributed by atoms with Crippen LogP contribution in [0.25, 0.3) is 17.2 Å². The number of carbonyl (C=O) groups is 2. The fourth-order valence-electron chi connectivity index (χ4n) is 7.95. The van der Waals surface area contributed by atoms with Gasteiger partial charge in [0.05, 0.1) is 45.9 Å². The molecular formula is C38H37ClF3N9O5. The first-order valence-electron chi connectivity index (χ1n) is 18.1. The van der Waals surface area contributed by atoms with Crippen molar-refractivity contribution < 1.29 is 32.6 Å². The van der Waals surface area contributed by atoms with E-state index in [4.69, 9.17) is 21.3 Å². The summed E-state index contributed by atoms with van der Waals surface area (Å²) >= 11 is 6.18. The van der Waals surface area contributed by atoms with Gasteiger partial charge in [0.15, 0.2) is 17.3 Å². The third-order valence-electron chi connectivity index (χ3n) is 11.0. The molecule has 8 rings (SSSR count). The molecule has 18 heteroatoms. The maximum Gasteiger partial charge on any atom is 0.416 e. The van der Waals surface area contributed by atoms with Crippen LogP contribution in [0.5, 0.6) is 5.75 Å². The van der Waals surface area contributed by atoms with Gasteiger partial charge in [-0.15, -0.1) is 5.10 Å². The van der Waals surface area contributed by atoms with Crippen molar-refractivity contribution in [2.24, 2.45) is 0 Å². The number of hydrogen-bond acceptors (Lipinski definition) is 10. The van der Waals surface area contributed by atoms with Gasteiger partial charge in [-0.25, -0.2) is 9.97 Å². The molecule has 2 aliphatic heterocycles. The fourth-order valence-corrected chi connectivity index (χ4v) is 8.18. The summed E-state index contributed by atoms with van der Waals surface area (Å²) in [6.45, 7) is 7.85. The summed E-state index contributed by atoms with van der Waals surface area (Å²) in [7, 11) is 0. The number of nitrogens with one attached hydrogen (secondary N) is 1. The number of benzene rings is 2. The van der Waals surface area contributed by atoms with E-state index in [9.17, 15) is 32.7 Å². The summed E-state index contributed by atoms with van der Waals surface area (Å²) < 4.78 is 48.7. The number of fused-ring (bicyclic) bond motifs is 3. The average Bonchev–Trinajstić information content (AvgIpc) is 3.72. The van der Waals surface area contributed by atoms with Crippen LogP contribution >= 0.6 is 11.6 Å². The first-order valence-corrected chi connectivity index (χ1v) is 18.5. The van der Waals surface area contributed by atoms with Crippen LogP contribution < -0.4 is 15.8 Å². The van der Waals surface area contributed by atoms with E-state index in [0.717, 1.165) is 29.3 Å². The first kappa shape index (κ1) is 37.4. The zero-order valence-corrected chi connectivity index (χ0v) is 31.6. The van der Waals surface area contributed by atoms with Crippen LogP contribution in [-0.4, -0.2) is 76.1 Å². The quantitative estimate of drug-likeness (QED) is 0.216. The van der Waals surface area contributed by atoms with Crippen molar-refractivity contribution >= 4 is 40.6 Å². The number of amides is 2. The Kier molecular flexibility index (Phi) is 9.06. The van der Waals surface area contributed by atoms with Gasteiger partial charge in [0, 0.05) is 24.7 Å². The summed E-state index contributed by atoms with van der Waals surface area (Å²) in [5.41, 5.74) is 1.67. The monoisotopic (exact) mass is 791 g/mol. The van der Waals surface area contributed by atoms with E-state index in [2.05, 4.69) is 20.4 Å². The van der Waals surface area contributed by atoms with Crippen molar-refractivity contribution in [3.63, 3.8) is 0 Å². The molecule has 1 saturated heterocycles. The Morgan fingerprint density at radius 2 is 1.86 bits per heavy atom. The van der Waals surface area contributed by atoms with Gasteiger partial charge in [-0.2, -0.15) is 22.7 Å². The van der Waals surface area contributed by atoms with E-state index < -0.39 is 34.7 Å². The van der Waals surface area contributed by atoms with Gasteiger partial charge >= 0.3 is 6.18 Å². The van der Waals surface area contributed by atoms with E-state index in [-0.39, 0.29) is 77.6 Å². The number of aryl methyl sites for hydroxylation is 1. The smallest absolute Gasteiger partial charge is 0.416 e. The van der Waals surface area contributed by atoms with Gasteiger partial charge in [0.25, 0.3) is 11.5 Å². The zero-order chi connectivity index (χ0) is 39.8. The summed E-state index contributed by atoms with van der Waals surface area (Å²) in [6.07, 6.45) is -1.80. The number of rotatable bonds is 7. The van der Waals surface area contributed by atoms with Crippen molar-refractivity contribution in [3.05, 3.63) is 91.9 Å². The summed E-state index contributed by atoms with van der Waals surface area (Å²) in [5.74, 6) is -1.02. The summed E-state index contributed by atoms with van der Waals surface area (Å²) in [4.78, 5) is 58.5. The Morgan fingerprint density at radius 1 is 1.09 bits per heavy atom. The van der Waals surface area contributed by atoms with Crippen LogP contribution in [0, 0.1) is 6.92 Å². The number of halogens is 4. The molecule has 5 aromatic rings. The normalized spacial score (nSPS) is 18.8. The molecule has 3 aromatic heterocycles. The predicted molar refractivity (Wildman–Crippen MR) is 199 cm³/mol. The summed E-state index contributed by atoms with van der Waals surface area (Å²) in [6, 6.07) is 7.80. The third kappa shape index (κ3) is 6.22. The lowest BCUT2D eigenvalue weighted by Crippen LogP contribution is -2.67. The van der Waals surface area contributed by atoms with E-state index >= 15 is 0 Å². The Hall–Kier alpha value is -5.55. The van der Waals surface area contributed by atoms with E-state index in [1.807, 2.05) is 43.9 Å². The molecule has 0 unspecified atom stereocenters. The van der Waals surface area contributed by atoms with Crippen molar-refractivity contribution in [3.8, 4) is 17.1 Å². The molecule has 292 valence electrons. The highest BCUT2D eigenvalue weighted by atomic mass is 35.5. The van der Waals surface area contributed by atoms with Crippen LogP contribution in [0.1, 0.15) is 72.2 Å². The second-order valence-electron chi connectivity index (χ2n) is 14.7. The topological polar surface area (TPSA) is 160 Å². The lowest BCUT2D eigenvalue weighted by atomic mass is 9.81. The number of aromatic hydroxyl groups is 1. The lowest BCUT2D eigenvalue weighted by molar-refractivity contribution is -0.137. The van der Waals surface area contributed by atoms with Crippen molar-refractivity contribution in [2.75, 3.05) is 23.3 Å². The lowest BCUT2D eigenvalue weighted by Gasteiger charge is -2.54. The van der Waals surface area contributed by atoms with Gasteiger partial charge in [-0.1, -0.05) is 30.7 Å². The molecule has 3 aliphatic rings. The number of alkyl halides is 3. The van der Waals surface area contributed by atoms with Crippen LogP contribution in [0.15, 0.2) is 47.5 Å². The Morgan fingerprint density at radius 3 is 2.55 bits per heavy atom. The number of ether oxygens (including phenoxy) is 1. The Balaban J connectivity index is 1.20. The van der Waals surface area contributed by atoms with Gasteiger partial charge in [-0.3, -0.25) is 14.4 Å². The van der Waals surface area contributed by atoms with Crippen molar-refractivity contribution in [1.82, 2.24) is 34.0 Å². The molecular weight excluding hydrogens is 755 g/mol. The predicted octanol–water partition coefficient (Wildman–Crippen LogP) is 5.49. The molecule has 2 fully saturated rings. The van der Waals surface area contributed by atoms with Crippen molar-refractivity contribution in [1.29, 1.82) is 0 Å². The molecule has 0 bridgehead atoms. The van der Waals surface area contributed by atoms with Gasteiger partial charge in [-0.05, 0) is 75.4 Å². The van der Waals surface area contributed by atoms with Gasteiger partial charge < -0.3 is 29.5 Å². The highest BCUT2D eigenvalue weighted by molar-refractivity contribution is 6.33. The number of piperazine rings is 1. The zero-order valence-electron chi connectivity index (χ0n) is 30.8. The second kappa shape index (κ2) is 13.6. The highest BCUT2D eigenvalue weighted by Gasteiger charge is 2.47. The molecule has 2 atom stereocenters. The SMILES string of the molecule is CCc1c(N2CCN(C(=O)c3ncnc(C)c3O)[C@H]3CC[C@@H]32)c(=O)n2nc(-c3ccc4c(c3)COC4(C)C)nc2n1CC(=O)Nc1ccc(C(F)(F)F)cc1Cl. The van der Waals surface area contributed by atoms with Crippen LogP contribution in [-0.2, 0) is 40.9 Å². The Bertz CT molecular complexity index is 2500. The average molecular weight is 792 g/mol. The van der Waals surface area contributed by atoms with E-state index in [1.165, 1.54) is 10.8 Å². The minimum atomic E-state index is -4.62. The molecule has 2 N–H and O–H groups in total. The van der Waals surface area contributed by atoms with Gasteiger partial charge in [0.1, 0.15) is 18.6 Å². The molecule has 56 heavy (non-hydrogen) atoms. The number of nitrogens with zero attached hydrogens (tertiary/aromatic N) is 8. The number of aromatic nitrogens is 6.